The van der Waals surface area contributed by atoms with Gasteiger partial charge in [0.2, 0.25) is 0 Å². The van der Waals surface area contributed by atoms with E-state index in [2.05, 4.69) is 0 Å². The third-order valence-corrected chi connectivity index (χ3v) is 2.72. The second kappa shape index (κ2) is 8.61. The normalized spacial score (nSPS) is 11.5. The van der Waals surface area contributed by atoms with Gasteiger partial charge in [-0.15, -0.1) is 12.4 Å². The van der Waals surface area contributed by atoms with Crippen LogP contribution < -0.4 is 10.5 Å². The Morgan fingerprint density at radius 2 is 2.16 bits per heavy atom. The number of nitrogens with two attached hydrogens (primary N) is 1. The average molecular weight is 290 g/mol. The number of aryl methyl sites for hydroxylation is 1. The Bertz CT molecular complexity index is 412. The van der Waals surface area contributed by atoms with Crippen LogP contribution in [-0.4, -0.2) is 29.3 Å². The van der Waals surface area contributed by atoms with Crippen molar-refractivity contribution < 1.29 is 19.7 Å². The zero-order chi connectivity index (χ0) is 13.5. The number of phenols is 1. The fraction of sp³-hybridized carbons (Fsp3) is 0.462. The number of hydrogen-bond donors (Lipinski definition) is 3. The van der Waals surface area contributed by atoms with E-state index in [0.717, 1.165) is 18.4 Å². The lowest BCUT2D eigenvalue weighted by Crippen LogP contribution is -2.23. The smallest absolute Gasteiger partial charge is 0.304 e. The van der Waals surface area contributed by atoms with Crippen LogP contribution in [0, 0.1) is 0 Å². The molecule has 1 aromatic rings. The summed E-state index contributed by atoms with van der Waals surface area (Å²) in [5, 5.41) is 18.0. The monoisotopic (exact) mass is 289 g/mol. The maximum atomic E-state index is 10.4. The van der Waals surface area contributed by atoms with E-state index < -0.39 is 5.97 Å². The molecule has 0 amide bonds. The van der Waals surface area contributed by atoms with E-state index >= 15 is 0 Å². The summed E-state index contributed by atoms with van der Waals surface area (Å²) >= 11 is 0. The van der Waals surface area contributed by atoms with Gasteiger partial charge in [0, 0.05) is 6.04 Å². The van der Waals surface area contributed by atoms with Crippen molar-refractivity contribution in [1.29, 1.82) is 0 Å². The Morgan fingerprint density at radius 3 is 2.74 bits per heavy atom. The number of aliphatic carboxylic acids is 1. The van der Waals surface area contributed by atoms with Gasteiger partial charge in [-0.1, -0.05) is 6.07 Å². The second-order valence-electron chi connectivity index (χ2n) is 4.26. The summed E-state index contributed by atoms with van der Waals surface area (Å²) in [6.07, 6.45) is 2.25. The van der Waals surface area contributed by atoms with E-state index in [-0.39, 0.29) is 30.6 Å². The SMILES string of the molecule is COc1cc(CCCC(N)CC(=O)O)ccc1O.Cl. The van der Waals surface area contributed by atoms with Crippen LogP contribution in [-0.2, 0) is 11.2 Å². The number of benzene rings is 1. The molecule has 0 bridgehead atoms. The number of aromatic hydroxyl groups is 1. The Labute approximate surface area is 118 Å². The Kier molecular flexibility index (Phi) is 7.95. The Balaban J connectivity index is 0.00000324. The maximum absolute atomic E-state index is 10.4. The first kappa shape index (κ1) is 17.5. The van der Waals surface area contributed by atoms with Gasteiger partial charge in [-0.05, 0) is 37.0 Å². The molecule has 0 saturated heterocycles. The molecule has 1 rings (SSSR count). The summed E-state index contributed by atoms with van der Waals surface area (Å²) in [4.78, 5) is 10.4. The van der Waals surface area contributed by atoms with Gasteiger partial charge in [0.05, 0.1) is 13.5 Å². The van der Waals surface area contributed by atoms with Crippen molar-refractivity contribution in [2.75, 3.05) is 7.11 Å². The number of carbonyl (C=O) groups is 1. The van der Waals surface area contributed by atoms with Crippen molar-refractivity contribution in [3.05, 3.63) is 23.8 Å². The minimum Gasteiger partial charge on any atom is -0.504 e. The summed E-state index contributed by atoms with van der Waals surface area (Å²) in [7, 11) is 1.50. The van der Waals surface area contributed by atoms with Crippen LogP contribution >= 0.6 is 12.4 Å². The highest BCUT2D eigenvalue weighted by Crippen LogP contribution is 2.26. The molecule has 0 aliphatic carbocycles. The zero-order valence-corrected chi connectivity index (χ0v) is 11.7. The van der Waals surface area contributed by atoms with Crippen LogP contribution in [0.25, 0.3) is 0 Å². The minimum absolute atomic E-state index is 0. The van der Waals surface area contributed by atoms with Crippen molar-refractivity contribution >= 4 is 18.4 Å². The number of methoxy groups -OCH3 is 1. The highest BCUT2D eigenvalue weighted by Gasteiger charge is 2.08. The van der Waals surface area contributed by atoms with E-state index in [1.54, 1.807) is 12.1 Å². The van der Waals surface area contributed by atoms with E-state index in [1.165, 1.54) is 7.11 Å². The lowest BCUT2D eigenvalue weighted by molar-refractivity contribution is -0.137. The number of carboxylic acids is 1. The van der Waals surface area contributed by atoms with Crippen molar-refractivity contribution in [3.8, 4) is 11.5 Å². The molecule has 4 N–H and O–H groups in total. The largest absolute Gasteiger partial charge is 0.504 e. The first-order valence-corrected chi connectivity index (χ1v) is 5.86. The molecule has 0 radical (unpaired) electrons. The van der Waals surface area contributed by atoms with Crippen molar-refractivity contribution in [3.63, 3.8) is 0 Å². The standard InChI is InChI=1S/C13H19NO4.ClH/c1-18-12-7-9(5-6-11(12)15)3-2-4-10(14)8-13(16)17;/h5-7,10,15H,2-4,8,14H2,1H3,(H,16,17);1H. The summed E-state index contributed by atoms with van der Waals surface area (Å²) < 4.78 is 5.01. The van der Waals surface area contributed by atoms with Gasteiger partial charge in [-0.25, -0.2) is 0 Å². The molecule has 6 heteroatoms. The first-order chi connectivity index (χ1) is 8.52. The Morgan fingerprint density at radius 1 is 1.47 bits per heavy atom. The van der Waals surface area contributed by atoms with Gasteiger partial charge >= 0.3 is 5.97 Å². The van der Waals surface area contributed by atoms with Crippen molar-refractivity contribution in [2.24, 2.45) is 5.73 Å². The maximum Gasteiger partial charge on any atom is 0.304 e. The molecule has 0 aliphatic rings. The molecule has 0 saturated carbocycles. The van der Waals surface area contributed by atoms with E-state index in [9.17, 15) is 9.90 Å². The van der Waals surface area contributed by atoms with Gasteiger partial charge in [-0.2, -0.15) is 0 Å². The molecular weight excluding hydrogens is 270 g/mol. The highest BCUT2D eigenvalue weighted by atomic mass is 35.5. The summed E-state index contributed by atoms with van der Waals surface area (Å²) in [5.41, 5.74) is 6.71. The number of rotatable bonds is 7. The third-order valence-electron chi connectivity index (χ3n) is 2.72. The van der Waals surface area contributed by atoms with Gasteiger partial charge in [-0.3, -0.25) is 4.79 Å². The summed E-state index contributed by atoms with van der Waals surface area (Å²) in [6.45, 7) is 0. The quantitative estimate of drug-likeness (QED) is 0.713. The lowest BCUT2D eigenvalue weighted by atomic mass is 10.0. The lowest BCUT2D eigenvalue weighted by Gasteiger charge is -2.09. The molecule has 1 unspecified atom stereocenters. The summed E-state index contributed by atoms with van der Waals surface area (Å²) in [6, 6.07) is 4.88. The molecule has 1 aromatic carbocycles. The molecule has 0 heterocycles. The molecule has 0 aromatic heterocycles. The molecule has 5 nitrogen and oxygen atoms in total. The number of carboxylic acid groups (broad SMARTS) is 1. The van der Waals surface area contributed by atoms with E-state index in [1.807, 2.05) is 6.07 Å². The van der Waals surface area contributed by atoms with Crippen molar-refractivity contribution in [1.82, 2.24) is 0 Å². The summed E-state index contributed by atoms with van der Waals surface area (Å²) in [5.74, 6) is -0.306. The van der Waals surface area contributed by atoms with Crippen LogP contribution in [0.15, 0.2) is 18.2 Å². The number of halogens is 1. The molecule has 0 fully saturated rings. The van der Waals surface area contributed by atoms with Gasteiger partial charge < -0.3 is 20.7 Å². The molecule has 0 spiro atoms. The Hall–Kier alpha value is -1.46. The molecule has 1 atom stereocenters. The third kappa shape index (κ3) is 6.31. The number of phenolic OH excluding ortho intramolecular Hbond substituents is 1. The van der Waals surface area contributed by atoms with Crippen LogP contribution in [0.2, 0.25) is 0 Å². The van der Waals surface area contributed by atoms with E-state index in [0.29, 0.717) is 12.2 Å². The first-order valence-electron chi connectivity index (χ1n) is 5.86. The van der Waals surface area contributed by atoms with Gasteiger partial charge in [0.15, 0.2) is 11.5 Å². The fourth-order valence-corrected chi connectivity index (χ4v) is 1.77. The van der Waals surface area contributed by atoms with Gasteiger partial charge in [0.25, 0.3) is 0 Å². The van der Waals surface area contributed by atoms with Crippen molar-refractivity contribution in [2.45, 2.75) is 31.7 Å². The van der Waals surface area contributed by atoms with E-state index in [4.69, 9.17) is 15.6 Å². The van der Waals surface area contributed by atoms with Crippen LogP contribution in [0.4, 0.5) is 0 Å². The number of hydrogen-bond acceptors (Lipinski definition) is 4. The average Bonchev–Trinajstić information content (AvgIpc) is 2.30. The minimum atomic E-state index is -0.867. The van der Waals surface area contributed by atoms with Crippen LogP contribution in [0.1, 0.15) is 24.8 Å². The molecule has 19 heavy (non-hydrogen) atoms. The predicted octanol–water partition coefficient (Wildman–Crippen LogP) is 1.95. The van der Waals surface area contributed by atoms with Crippen LogP contribution in [0.3, 0.4) is 0 Å². The molecule has 0 aliphatic heterocycles. The van der Waals surface area contributed by atoms with Gasteiger partial charge in [0.1, 0.15) is 0 Å². The predicted molar refractivity (Wildman–Crippen MR) is 75.1 cm³/mol. The molecule has 108 valence electrons. The number of ether oxygens (including phenoxy) is 1. The second-order valence-corrected chi connectivity index (χ2v) is 4.26. The zero-order valence-electron chi connectivity index (χ0n) is 10.8. The highest BCUT2D eigenvalue weighted by molar-refractivity contribution is 5.85. The fourth-order valence-electron chi connectivity index (χ4n) is 1.77. The topological polar surface area (TPSA) is 92.8 Å². The molecular formula is C13H20ClNO4. The van der Waals surface area contributed by atoms with Crippen LogP contribution in [0.5, 0.6) is 11.5 Å².